The van der Waals surface area contributed by atoms with E-state index in [1.54, 1.807) is 0 Å². The number of para-hydroxylation sites is 1. The highest BCUT2D eigenvalue weighted by molar-refractivity contribution is 7.25. The van der Waals surface area contributed by atoms with Gasteiger partial charge < -0.3 is 4.42 Å². The molecule has 0 radical (unpaired) electrons. The molecule has 0 saturated carbocycles. The van der Waals surface area contributed by atoms with Gasteiger partial charge in [0.05, 0.1) is 11.4 Å². The van der Waals surface area contributed by atoms with E-state index in [0.29, 0.717) is 5.82 Å². The molecular weight excluding hydrogens is 557 g/mol. The molecule has 3 aromatic heterocycles. The highest BCUT2D eigenvalue weighted by atomic mass is 32.1. The van der Waals surface area contributed by atoms with Crippen LogP contribution in [0.3, 0.4) is 0 Å². The van der Waals surface area contributed by atoms with Crippen LogP contribution in [0.15, 0.2) is 150 Å². The van der Waals surface area contributed by atoms with E-state index in [2.05, 4.69) is 97.1 Å². The van der Waals surface area contributed by atoms with Gasteiger partial charge in [-0.15, -0.1) is 11.3 Å². The quantitative estimate of drug-likeness (QED) is 0.208. The zero-order valence-corrected chi connectivity index (χ0v) is 24.4. The molecule has 0 unspecified atom stereocenters. The Morgan fingerprint density at radius 1 is 0.432 bits per heavy atom. The van der Waals surface area contributed by atoms with Crippen LogP contribution >= 0.6 is 11.3 Å². The third-order valence-corrected chi connectivity index (χ3v) is 9.43. The van der Waals surface area contributed by atoms with Crippen molar-refractivity contribution in [3.8, 4) is 45.0 Å². The van der Waals surface area contributed by atoms with E-state index < -0.39 is 0 Å². The third kappa shape index (κ3) is 4.11. The van der Waals surface area contributed by atoms with E-state index in [9.17, 15) is 0 Å². The van der Waals surface area contributed by atoms with Gasteiger partial charge in [0.1, 0.15) is 11.2 Å². The second kappa shape index (κ2) is 10.0. The highest BCUT2D eigenvalue weighted by Gasteiger charge is 2.18. The summed E-state index contributed by atoms with van der Waals surface area (Å²) in [6.07, 6.45) is 0. The van der Waals surface area contributed by atoms with Crippen LogP contribution in [-0.4, -0.2) is 9.97 Å². The molecule has 0 amide bonds. The number of furan rings is 1. The third-order valence-electron chi connectivity index (χ3n) is 8.29. The largest absolute Gasteiger partial charge is 0.456 e. The van der Waals surface area contributed by atoms with Gasteiger partial charge in [0.25, 0.3) is 0 Å². The SMILES string of the molecule is c1ccc(-c2cc(-c3ccccc3)nc(-c3cc(-c4ccc5c(c4)sc4ccccc45)c4c(c3)oc3ccccc34)n2)cc1. The number of aromatic nitrogens is 2. The van der Waals surface area contributed by atoms with Crippen LogP contribution in [-0.2, 0) is 0 Å². The molecule has 3 heterocycles. The summed E-state index contributed by atoms with van der Waals surface area (Å²) in [5.41, 5.74) is 8.72. The van der Waals surface area contributed by atoms with Crippen LogP contribution in [0.1, 0.15) is 0 Å². The fourth-order valence-electron chi connectivity index (χ4n) is 6.19. The number of thiophene rings is 1. The molecule has 0 aliphatic rings. The van der Waals surface area contributed by atoms with Crippen LogP contribution in [0.25, 0.3) is 87.1 Å². The molecule has 9 aromatic rings. The second-order valence-corrected chi connectivity index (χ2v) is 12.1. The van der Waals surface area contributed by atoms with Crippen molar-refractivity contribution < 1.29 is 4.42 Å². The number of hydrogen-bond acceptors (Lipinski definition) is 4. The van der Waals surface area contributed by atoms with E-state index in [4.69, 9.17) is 14.4 Å². The minimum atomic E-state index is 0.664. The van der Waals surface area contributed by atoms with Crippen LogP contribution < -0.4 is 0 Å². The Hall–Kier alpha value is -5.58. The fourth-order valence-corrected chi connectivity index (χ4v) is 7.34. The Labute approximate surface area is 257 Å². The van der Waals surface area contributed by atoms with Gasteiger partial charge in [-0.1, -0.05) is 109 Å². The van der Waals surface area contributed by atoms with Crippen molar-refractivity contribution in [3.63, 3.8) is 0 Å². The molecule has 206 valence electrons. The van der Waals surface area contributed by atoms with E-state index in [-0.39, 0.29) is 0 Å². The Balaban J connectivity index is 1.31. The summed E-state index contributed by atoms with van der Waals surface area (Å²) in [7, 11) is 0. The molecule has 0 N–H and O–H groups in total. The maximum atomic E-state index is 6.49. The molecule has 0 atom stereocenters. The zero-order valence-electron chi connectivity index (χ0n) is 23.6. The molecule has 44 heavy (non-hydrogen) atoms. The maximum Gasteiger partial charge on any atom is 0.160 e. The lowest BCUT2D eigenvalue weighted by Crippen LogP contribution is -1.96. The van der Waals surface area contributed by atoms with Crippen LogP contribution in [0.2, 0.25) is 0 Å². The summed E-state index contributed by atoms with van der Waals surface area (Å²) in [5.74, 6) is 0.664. The van der Waals surface area contributed by atoms with Gasteiger partial charge in [0.15, 0.2) is 5.82 Å². The van der Waals surface area contributed by atoms with Gasteiger partial charge in [-0.25, -0.2) is 9.97 Å². The van der Waals surface area contributed by atoms with Crippen LogP contribution in [0.4, 0.5) is 0 Å². The molecule has 6 aromatic carbocycles. The van der Waals surface area contributed by atoms with Crippen molar-refractivity contribution >= 4 is 53.4 Å². The lowest BCUT2D eigenvalue weighted by molar-refractivity contribution is 0.669. The normalized spacial score (nSPS) is 11.6. The lowest BCUT2D eigenvalue weighted by atomic mass is 9.96. The molecule has 0 saturated heterocycles. The highest BCUT2D eigenvalue weighted by Crippen LogP contribution is 2.42. The molecule has 0 aliphatic heterocycles. The maximum absolute atomic E-state index is 6.49. The first kappa shape index (κ1) is 25.0. The average Bonchev–Trinajstić information content (AvgIpc) is 3.66. The van der Waals surface area contributed by atoms with Crippen molar-refractivity contribution in [1.82, 2.24) is 9.97 Å². The van der Waals surface area contributed by atoms with E-state index in [1.807, 2.05) is 59.9 Å². The number of hydrogen-bond donors (Lipinski definition) is 0. The molecular formula is C40H24N2OS. The van der Waals surface area contributed by atoms with Crippen molar-refractivity contribution in [2.45, 2.75) is 0 Å². The van der Waals surface area contributed by atoms with Crippen molar-refractivity contribution in [3.05, 3.63) is 146 Å². The standard InChI is InChI=1S/C40H24N2OS/c1-3-11-25(12-4-1)33-24-34(26-13-5-2-6-14-26)42-40(41-33)28-21-32(39-31-16-7-9-17-35(31)43-36(39)22-28)27-19-20-30-29-15-8-10-18-37(29)44-38(30)23-27/h1-24H. The summed E-state index contributed by atoms with van der Waals surface area (Å²) in [6.45, 7) is 0. The Morgan fingerprint density at radius 3 is 1.82 bits per heavy atom. The van der Waals surface area contributed by atoms with Crippen LogP contribution in [0.5, 0.6) is 0 Å². The van der Waals surface area contributed by atoms with E-state index >= 15 is 0 Å². The Kier molecular flexibility index (Phi) is 5.68. The topological polar surface area (TPSA) is 38.9 Å². The zero-order chi connectivity index (χ0) is 29.0. The first-order valence-electron chi connectivity index (χ1n) is 14.7. The minimum Gasteiger partial charge on any atom is -0.456 e. The molecule has 4 heteroatoms. The molecule has 0 fully saturated rings. The molecule has 0 aliphatic carbocycles. The number of fused-ring (bicyclic) bond motifs is 6. The minimum absolute atomic E-state index is 0.664. The van der Waals surface area contributed by atoms with E-state index in [0.717, 1.165) is 61.1 Å². The molecule has 0 spiro atoms. The van der Waals surface area contributed by atoms with Gasteiger partial charge in [0, 0.05) is 47.6 Å². The van der Waals surface area contributed by atoms with Gasteiger partial charge in [-0.3, -0.25) is 0 Å². The monoisotopic (exact) mass is 580 g/mol. The number of rotatable bonds is 4. The van der Waals surface area contributed by atoms with Gasteiger partial charge in [0.2, 0.25) is 0 Å². The summed E-state index contributed by atoms with van der Waals surface area (Å²) < 4.78 is 9.05. The Bertz CT molecular complexity index is 2440. The van der Waals surface area contributed by atoms with Crippen molar-refractivity contribution in [2.24, 2.45) is 0 Å². The predicted octanol–water partition coefficient (Wildman–Crippen LogP) is 11.4. The Morgan fingerprint density at radius 2 is 1.07 bits per heavy atom. The summed E-state index contributed by atoms with van der Waals surface area (Å²) >= 11 is 1.83. The predicted molar refractivity (Wildman–Crippen MR) is 184 cm³/mol. The molecule has 3 nitrogen and oxygen atoms in total. The van der Waals surface area contributed by atoms with Gasteiger partial charge in [-0.2, -0.15) is 0 Å². The smallest absolute Gasteiger partial charge is 0.160 e. The average molecular weight is 581 g/mol. The summed E-state index contributed by atoms with van der Waals surface area (Å²) in [6, 6.07) is 50.7. The second-order valence-electron chi connectivity index (χ2n) is 11.0. The van der Waals surface area contributed by atoms with Gasteiger partial charge >= 0.3 is 0 Å². The first-order valence-corrected chi connectivity index (χ1v) is 15.5. The first-order chi connectivity index (χ1) is 21.8. The van der Waals surface area contributed by atoms with E-state index in [1.165, 1.54) is 20.2 Å². The number of nitrogens with zero attached hydrogens (tertiary/aromatic N) is 2. The lowest BCUT2D eigenvalue weighted by Gasteiger charge is -2.11. The summed E-state index contributed by atoms with van der Waals surface area (Å²) in [4.78, 5) is 10.2. The van der Waals surface area contributed by atoms with Crippen molar-refractivity contribution in [1.29, 1.82) is 0 Å². The summed E-state index contributed by atoms with van der Waals surface area (Å²) in [5, 5.41) is 4.79. The number of benzene rings is 6. The fraction of sp³-hybridized carbons (Fsp3) is 0. The molecule has 0 bridgehead atoms. The molecule has 9 rings (SSSR count). The van der Waals surface area contributed by atoms with Gasteiger partial charge in [-0.05, 0) is 47.5 Å². The van der Waals surface area contributed by atoms with Crippen LogP contribution in [0, 0.1) is 0 Å². The van der Waals surface area contributed by atoms with Crippen molar-refractivity contribution in [2.75, 3.05) is 0 Å².